The van der Waals surface area contributed by atoms with Crippen molar-refractivity contribution < 1.29 is 0 Å². The lowest BCUT2D eigenvalue weighted by molar-refractivity contribution is 0.0984. The second-order valence-electron chi connectivity index (χ2n) is 6.61. The van der Waals surface area contributed by atoms with Crippen molar-refractivity contribution >= 4 is 22.7 Å². The molecule has 0 amide bonds. The Balaban J connectivity index is 1.78. The summed E-state index contributed by atoms with van der Waals surface area (Å²) in [4.78, 5) is 6.22. The third-order valence-electron chi connectivity index (χ3n) is 5.47. The van der Waals surface area contributed by atoms with Crippen molar-refractivity contribution in [3.05, 3.63) is 35.5 Å². The maximum atomic E-state index is 3.48. The molecule has 1 saturated heterocycles. The first-order valence-corrected chi connectivity index (χ1v) is 9.53. The normalized spacial score (nSPS) is 28.8. The van der Waals surface area contributed by atoms with Gasteiger partial charge in [0.25, 0.3) is 0 Å². The highest BCUT2D eigenvalue weighted by Crippen LogP contribution is 2.44. The first-order chi connectivity index (χ1) is 10.3. The second-order valence-corrected chi connectivity index (χ2v) is 7.52. The minimum atomic E-state index is 0.710. The largest absolute Gasteiger partial charge is 0.361 e. The zero-order chi connectivity index (χ0) is 14.4. The minimum absolute atomic E-state index is 0.710. The van der Waals surface area contributed by atoms with E-state index in [2.05, 4.69) is 47.5 Å². The number of hydrogen-bond acceptors (Lipinski definition) is 2. The van der Waals surface area contributed by atoms with E-state index in [-0.39, 0.29) is 0 Å². The summed E-state index contributed by atoms with van der Waals surface area (Å²) in [6, 6.07) is 7.55. The van der Waals surface area contributed by atoms with Crippen LogP contribution in [0, 0.1) is 5.92 Å². The average molecular weight is 300 g/mol. The van der Waals surface area contributed by atoms with Crippen LogP contribution in [0.3, 0.4) is 0 Å². The van der Waals surface area contributed by atoms with E-state index < -0.39 is 0 Å². The molecule has 1 aliphatic carbocycles. The van der Waals surface area contributed by atoms with Crippen LogP contribution in [-0.4, -0.2) is 41.0 Å². The van der Waals surface area contributed by atoms with E-state index in [1.54, 1.807) is 5.56 Å². The predicted molar refractivity (Wildman–Crippen MR) is 92.3 cm³/mol. The summed E-state index contributed by atoms with van der Waals surface area (Å²) >= 11 is 2.01. The van der Waals surface area contributed by atoms with Gasteiger partial charge in [-0.2, -0.15) is 11.8 Å². The van der Waals surface area contributed by atoms with Gasteiger partial charge in [0.2, 0.25) is 0 Å². The van der Waals surface area contributed by atoms with Crippen molar-refractivity contribution in [1.82, 2.24) is 9.88 Å². The van der Waals surface area contributed by atoms with Crippen molar-refractivity contribution in [1.29, 1.82) is 0 Å². The Labute approximate surface area is 131 Å². The van der Waals surface area contributed by atoms with Crippen molar-refractivity contribution in [3.63, 3.8) is 0 Å². The molecule has 4 rings (SSSR count). The highest BCUT2D eigenvalue weighted by atomic mass is 32.2. The minimum Gasteiger partial charge on any atom is -0.361 e. The predicted octanol–water partition coefficient (Wildman–Crippen LogP) is 3.88. The van der Waals surface area contributed by atoms with Gasteiger partial charge in [0, 0.05) is 35.6 Å². The fraction of sp³-hybridized carbons (Fsp3) is 0.556. The molecule has 0 spiro atoms. The molecular formula is C18H24N2S. The number of benzene rings is 1. The van der Waals surface area contributed by atoms with Crippen LogP contribution in [0.25, 0.3) is 10.9 Å². The van der Waals surface area contributed by atoms with Crippen LogP contribution in [0.2, 0.25) is 0 Å². The fourth-order valence-electron chi connectivity index (χ4n) is 4.62. The molecule has 1 aromatic heterocycles. The van der Waals surface area contributed by atoms with Crippen LogP contribution < -0.4 is 0 Å². The maximum absolute atomic E-state index is 3.48. The number of H-pyrrole nitrogens is 1. The molecule has 1 fully saturated rings. The van der Waals surface area contributed by atoms with E-state index >= 15 is 0 Å². The number of rotatable bonds is 3. The molecule has 2 aromatic rings. The standard InChI is InChI=1S/C18H24N2S/c1-3-20-10-12(11-21-2)7-15-14-5-4-6-16-18(14)13(9-19-16)8-17(15)20/h4-6,9,12,15,17,19H,3,7-8,10-11H2,1-2H3. The number of nitrogens with zero attached hydrogens (tertiary/aromatic N) is 1. The topological polar surface area (TPSA) is 19.0 Å². The first-order valence-electron chi connectivity index (χ1n) is 8.13. The van der Waals surface area contributed by atoms with E-state index in [0.29, 0.717) is 6.04 Å². The van der Waals surface area contributed by atoms with Gasteiger partial charge in [-0.1, -0.05) is 19.1 Å². The lowest BCUT2D eigenvalue weighted by Gasteiger charge is -2.47. The summed E-state index contributed by atoms with van der Waals surface area (Å²) in [5.41, 5.74) is 4.46. The third kappa shape index (κ3) is 2.13. The zero-order valence-corrected chi connectivity index (χ0v) is 13.7. The lowest BCUT2D eigenvalue weighted by Crippen LogP contribution is -2.50. The highest BCUT2D eigenvalue weighted by Gasteiger charge is 2.39. The Morgan fingerprint density at radius 2 is 2.29 bits per heavy atom. The summed E-state index contributed by atoms with van der Waals surface area (Å²) in [6.07, 6.45) is 7.08. The number of piperidine rings is 1. The summed E-state index contributed by atoms with van der Waals surface area (Å²) in [5.74, 6) is 2.87. The molecule has 3 atom stereocenters. The number of likely N-dealkylation sites (N-methyl/N-ethyl adjacent to an activating group) is 1. The SMILES string of the molecule is CCN1CC(CSC)CC2c3cccc4[nH]cc(c34)CC21. The van der Waals surface area contributed by atoms with Crippen LogP contribution in [0.5, 0.6) is 0 Å². The second kappa shape index (κ2) is 5.36. The monoisotopic (exact) mass is 300 g/mol. The third-order valence-corrected chi connectivity index (χ3v) is 6.27. The maximum Gasteiger partial charge on any atom is 0.0459 e. The van der Waals surface area contributed by atoms with Crippen LogP contribution >= 0.6 is 11.8 Å². The number of fused-ring (bicyclic) bond motifs is 2. The van der Waals surface area contributed by atoms with Gasteiger partial charge in [-0.25, -0.2) is 0 Å². The van der Waals surface area contributed by atoms with Gasteiger partial charge in [-0.3, -0.25) is 4.90 Å². The molecule has 2 aliphatic rings. The van der Waals surface area contributed by atoms with Gasteiger partial charge >= 0.3 is 0 Å². The van der Waals surface area contributed by atoms with Crippen molar-refractivity contribution in [2.75, 3.05) is 25.1 Å². The number of likely N-dealkylation sites (tertiary alicyclic amines) is 1. The zero-order valence-electron chi connectivity index (χ0n) is 12.9. The molecule has 1 N–H and O–H groups in total. The Morgan fingerprint density at radius 3 is 3.10 bits per heavy atom. The molecule has 0 bridgehead atoms. The van der Waals surface area contributed by atoms with E-state index in [1.807, 2.05) is 11.8 Å². The van der Waals surface area contributed by atoms with Gasteiger partial charge in [-0.05, 0) is 54.5 Å². The Kier molecular flexibility index (Phi) is 3.50. The van der Waals surface area contributed by atoms with Crippen LogP contribution in [0.1, 0.15) is 30.4 Å². The van der Waals surface area contributed by atoms with Gasteiger partial charge in [-0.15, -0.1) is 0 Å². The van der Waals surface area contributed by atoms with Crippen molar-refractivity contribution in [2.24, 2.45) is 5.92 Å². The molecule has 2 heterocycles. The molecule has 21 heavy (non-hydrogen) atoms. The number of aromatic nitrogens is 1. The van der Waals surface area contributed by atoms with Gasteiger partial charge < -0.3 is 4.98 Å². The van der Waals surface area contributed by atoms with Crippen LogP contribution in [0.4, 0.5) is 0 Å². The molecule has 3 heteroatoms. The smallest absolute Gasteiger partial charge is 0.0459 e. The lowest BCUT2D eigenvalue weighted by atomic mass is 9.72. The van der Waals surface area contributed by atoms with Crippen LogP contribution in [-0.2, 0) is 6.42 Å². The molecule has 112 valence electrons. The summed E-state index contributed by atoms with van der Waals surface area (Å²) < 4.78 is 0. The highest BCUT2D eigenvalue weighted by molar-refractivity contribution is 7.98. The van der Waals surface area contributed by atoms with Gasteiger partial charge in [0.15, 0.2) is 0 Å². The van der Waals surface area contributed by atoms with E-state index in [0.717, 1.165) is 11.8 Å². The molecular weight excluding hydrogens is 276 g/mol. The molecule has 0 radical (unpaired) electrons. The Bertz CT molecular complexity index is 648. The Hall–Kier alpha value is -0.930. The number of nitrogens with one attached hydrogen (secondary N) is 1. The summed E-state index contributed by atoms with van der Waals surface area (Å²) in [6.45, 7) is 4.79. The van der Waals surface area contributed by atoms with E-state index in [1.165, 1.54) is 48.2 Å². The Morgan fingerprint density at radius 1 is 1.38 bits per heavy atom. The summed E-state index contributed by atoms with van der Waals surface area (Å²) in [7, 11) is 0. The quantitative estimate of drug-likeness (QED) is 0.927. The number of aromatic amines is 1. The number of hydrogen-bond donors (Lipinski definition) is 1. The van der Waals surface area contributed by atoms with Crippen LogP contribution in [0.15, 0.2) is 24.4 Å². The molecule has 1 aliphatic heterocycles. The average Bonchev–Trinajstić information content (AvgIpc) is 2.92. The molecule has 2 nitrogen and oxygen atoms in total. The van der Waals surface area contributed by atoms with E-state index in [4.69, 9.17) is 0 Å². The van der Waals surface area contributed by atoms with Crippen molar-refractivity contribution in [3.8, 4) is 0 Å². The van der Waals surface area contributed by atoms with E-state index in [9.17, 15) is 0 Å². The molecule has 3 unspecified atom stereocenters. The number of thioether (sulfide) groups is 1. The first kappa shape index (κ1) is 13.7. The molecule has 0 saturated carbocycles. The molecule has 1 aromatic carbocycles. The van der Waals surface area contributed by atoms with Crippen molar-refractivity contribution in [2.45, 2.75) is 31.7 Å². The fourth-order valence-corrected chi connectivity index (χ4v) is 5.33. The van der Waals surface area contributed by atoms with Gasteiger partial charge in [0.05, 0.1) is 0 Å². The summed E-state index contributed by atoms with van der Waals surface area (Å²) in [5, 5.41) is 1.53. The van der Waals surface area contributed by atoms with Gasteiger partial charge in [0.1, 0.15) is 0 Å².